The lowest BCUT2D eigenvalue weighted by atomic mass is 10.0. The molecule has 0 aliphatic carbocycles. The highest BCUT2D eigenvalue weighted by Gasteiger charge is 2.08. The van der Waals surface area contributed by atoms with E-state index in [2.05, 4.69) is 53.4 Å². The number of likely N-dealkylation sites (N-methyl/N-ethyl adjacent to an activating group) is 1. The number of hydrogen-bond acceptors (Lipinski definition) is 3. The molecule has 0 spiro atoms. The van der Waals surface area contributed by atoms with Gasteiger partial charge in [-0.25, -0.2) is 4.99 Å². The van der Waals surface area contributed by atoms with Gasteiger partial charge in [0.1, 0.15) is 0 Å². The number of allylic oxidation sites excluding steroid dienone is 5. The fourth-order valence-electron chi connectivity index (χ4n) is 2.31. The molecule has 0 unspecified atom stereocenters. The zero-order valence-corrected chi connectivity index (χ0v) is 16.2. The molecule has 0 aromatic heterocycles. The highest BCUT2D eigenvalue weighted by Crippen LogP contribution is 2.30. The molecule has 136 valence electrons. The average Bonchev–Trinajstić information content (AvgIpc) is 2.57. The van der Waals surface area contributed by atoms with E-state index in [4.69, 9.17) is 5.73 Å². The second kappa shape index (κ2) is 11.1. The Morgan fingerprint density at radius 2 is 2.08 bits per heavy atom. The van der Waals surface area contributed by atoms with E-state index in [0.29, 0.717) is 0 Å². The molecule has 0 bridgehead atoms. The van der Waals surface area contributed by atoms with Gasteiger partial charge in [-0.15, -0.1) is 0 Å². The number of rotatable bonds is 9. The van der Waals surface area contributed by atoms with E-state index in [1.165, 1.54) is 11.1 Å². The monoisotopic (exact) mass is 340 g/mol. The maximum atomic E-state index is 6.21. The molecule has 3 N–H and O–H groups in total. The number of benzene rings is 1. The standard InChI is InChI=1S/C21H32N4/c1-6-8-10-18(7-2)19-11-9-12-20(22)21(19)24-13-14-25(5)16-23-15-17(3)4/h7-12,15-16,24H,6,13-14,22H2,1-5H3/b10-8-,18-7+,23-16?. The molecule has 0 saturated carbocycles. The number of nitrogens with two attached hydrogens (primary N) is 1. The van der Waals surface area contributed by atoms with Crippen molar-refractivity contribution in [1.82, 2.24) is 4.90 Å². The molecule has 0 aliphatic heterocycles. The summed E-state index contributed by atoms with van der Waals surface area (Å²) in [5, 5.41) is 3.48. The van der Waals surface area contributed by atoms with Gasteiger partial charge in [-0.1, -0.05) is 42.9 Å². The molecule has 0 saturated heterocycles. The first-order valence-corrected chi connectivity index (χ1v) is 8.82. The molecule has 0 amide bonds. The lowest BCUT2D eigenvalue weighted by Gasteiger charge is -2.18. The van der Waals surface area contributed by atoms with Gasteiger partial charge >= 0.3 is 0 Å². The lowest BCUT2D eigenvalue weighted by molar-refractivity contribution is 0.538. The summed E-state index contributed by atoms with van der Waals surface area (Å²) in [4.78, 5) is 6.33. The molecule has 0 heterocycles. The third-order valence-corrected chi connectivity index (χ3v) is 3.61. The number of nitrogen functional groups attached to an aromatic ring is 1. The Morgan fingerprint density at radius 3 is 2.72 bits per heavy atom. The summed E-state index contributed by atoms with van der Waals surface area (Å²) < 4.78 is 0. The molecule has 4 nitrogen and oxygen atoms in total. The molecular formula is C21H32N4. The summed E-state index contributed by atoms with van der Waals surface area (Å²) in [5.41, 5.74) is 11.5. The van der Waals surface area contributed by atoms with Crippen molar-refractivity contribution in [3.63, 3.8) is 0 Å². The zero-order valence-electron chi connectivity index (χ0n) is 16.2. The first-order valence-electron chi connectivity index (χ1n) is 8.82. The van der Waals surface area contributed by atoms with Crippen LogP contribution >= 0.6 is 0 Å². The SMILES string of the molecule is C/C=C(\C=C/CC)c1cccc(N)c1NCCN(C)C=NC=C(C)C. The van der Waals surface area contributed by atoms with Gasteiger partial charge in [0.2, 0.25) is 0 Å². The Kier molecular flexibility index (Phi) is 9.15. The number of nitrogens with one attached hydrogen (secondary N) is 1. The molecule has 0 radical (unpaired) electrons. The van der Waals surface area contributed by atoms with E-state index in [1.807, 2.05) is 45.6 Å². The molecule has 1 rings (SSSR count). The van der Waals surface area contributed by atoms with Gasteiger partial charge in [-0.3, -0.25) is 0 Å². The Labute approximate surface area is 152 Å². The van der Waals surface area contributed by atoms with Crippen molar-refractivity contribution in [2.45, 2.75) is 34.1 Å². The van der Waals surface area contributed by atoms with Crippen LogP contribution in [0.4, 0.5) is 11.4 Å². The number of anilines is 2. The van der Waals surface area contributed by atoms with Crippen molar-refractivity contribution in [2.75, 3.05) is 31.2 Å². The first-order chi connectivity index (χ1) is 12.0. The van der Waals surface area contributed by atoms with Gasteiger partial charge in [0.25, 0.3) is 0 Å². The Morgan fingerprint density at radius 1 is 1.32 bits per heavy atom. The maximum absolute atomic E-state index is 6.21. The van der Waals surface area contributed by atoms with Crippen LogP contribution in [0.15, 0.2) is 53.2 Å². The predicted molar refractivity (Wildman–Crippen MR) is 113 cm³/mol. The Hall–Kier alpha value is -2.49. The van der Waals surface area contributed by atoms with Crippen LogP contribution in [0.3, 0.4) is 0 Å². The normalized spacial score (nSPS) is 12.0. The van der Waals surface area contributed by atoms with Crippen LogP contribution in [0.5, 0.6) is 0 Å². The second-order valence-electron chi connectivity index (χ2n) is 6.20. The topological polar surface area (TPSA) is 53.6 Å². The molecule has 0 atom stereocenters. The summed E-state index contributed by atoms with van der Waals surface area (Å²) in [6.07, 6.45) is 11.1. The summed E-state index contributed by atoms with van der Waals surface area (Å²) in [6.45, 7) is 9.87. The lowest BCUT2D eigenvalue weighted by Crippen LogP contribution is -2.24. The van der Waals surface area contributed by atoms with E-state index in [9.17, 15) is 0 Å². The molecule has 0 aliphatic rings. The van der Waals surface area contributed by atoms with Crippen LogP contribution in [-0.2, 0) is 0 Å². The third-order valence-electron chi connectivity index (χ3n) is 3.61. The van der Waals surface area contributed by atoms with Gasteiger partial charge < -0.3 is 16.0 Å². The van der Waals surface area contributed by atoms with Gasteiger partial charge in [-0.05, 0) is 38.8 Å². The predicted octanol–water partition coefficient (Wildman–Crippen LogP) is 4.93. The molecular weight excluding hydrogens is 308 g/mol. The zero-order chi connectivity index (χ0) is 18.7. The molecule has 4 heteroatoms. The van der Waals surface area contributed by atoms with Crippen LogP contribution in [0, 0.1) is 0 Å². The summed E-state index contributed by atoms with van der Waals surface area (Å²) in [7, 11) is 2.01. The highest BCUT2D eigenvalue weighted by atomic mass is 15.1. The van der Waals surface area contributed by atoms with Crippen LogP contribution < -0.4 is 11.1 Å². The van der Waals surface area contributed by atoms with Gasteiger partial charge in [0.15, 0.2) is 0 Å². The number of nitrogens with zero attached hydrogens (tertiary/aromatic N) is 2. The average molecular weight is 341 g/mol. The van der Waals surface area contributed by atoms with Crippen LogP contribution in [-0.4, -0.2) is 31.4 Å². The quantitative estimate of drug-likeness (QED) is 0.290. The largest absolute Gasteiger partial charge is 0.397 e. The molecule has 1 aromatic carbocycles. The fourth-order valence-corrected chi connectivity index (χ4v) is 2.31. The third kappa shape index (κ3) is 7.29. The summed E-state index contributed by atoms with van der Waals surface area (Å²) >= 11 is 0. The fraction of sp³-hybridized carbons (Fsp3) is 0.381. The van der Waals surface area contributed by atoms with Crippen LogP contribution in [0.1, 0.15) is 39.7 Å². The Bertz CT molecular complexity index is 650. The molecule has 25 heavy (non-hydrogen) atoms. The van der Waals surface area contributed by atoms with E-state index in [1.54, 1.807) is 0 Å². The minimum Gasteiger partial charge on any atom is -0.397 e. The molecule has 1 aromatic rings. The van der Waals surface area contributed by atoms with Crippen LogP contribution in [0.25, 0.3) is 5.57 Å². The number of para-hydroxylation sites is 1. The summed E-state index contributed by atoms with van der Waals surface area (Å²) in [6, 6.07) is 6.04. The molecule has 0 fully saturated rings. The van der Waals surface area contributed by atoms with Gasteiger partial charge in [0.05, 0.1) is 17.7 Å². The van der Waals surface area contributed by atoms with E-state index in [-0.39, 0.29) is 0 Å². The van der Waals surface area contributed by atoms with Crippen molar-refractivity contribution in [1.29, 1.82) is 0 Å². The van der Waals surface area contributed by atoms with Gasteiger partial charge in [0, 0.05) is 31.9 Å². The van der Waals surface area contributed by atoms with Crippen molar-refractivity contribution >= 4 is 23.3 Å². The first kappa shape index (κ1) is 20.6. The van der Waals surface area contributed by atoms with E-state index < -0.39 is 0 Å². The minimum atomic E-state index is 0.766. The smallest absolute Gasteiger partial charge is 0.0902 e. The number of hydrogen-bond donors (Lipinski definition) is 2. The Balaban J connectivity index is 2.80. The number of aliphatic imine (C=N–C) groups is 1. The van der Waals surface area contributed by atoms with Crippen molar-refractivity contribution in [3.8, 4) is 0 Å². The highest BCUT2D eigenvalue weighted by molar-refractivity contribution is 5.87. The van der Waals surface area contributed by atoms with E-state index >= 15 is 0 Å². The second-order valence-corrected chi connectivity index (χ2v) is 6.20. The van der Waals surface area contributed by atoms with Crippen molar-refractivity contribution < 1.29 is 0 Å². The van der Waals surface area contributed by atoms with Crippen LogP contribution in [0.2, 0.25) is 0 Å². The van der Waals surface area contributed by atoms with Crippen molar-refractivity contribution in [2.24, 2.45) is 4.99 Å². The van der Waals surface area contributed by atoms with E-state index in [0.717, 1.165) is 36.4 Å². The van der Waals surface area contributed by atoms with Gasteiger partial charge in [-0.2, -0.15) is 0 Å². The minimum absolute atomic E-state index is 0.766. The summed E-state index contributed by atoms with van der Waals surface area (Å²) in [5.74, 6) is 0. The van der Waals surface area contributed by atoms with Crippen molar-refractivity contribution in [3.05, 3.63) is 53.8 Å². The maximum Gasteiger partial charge on any atom is 0.0902 e.